The standard InChI is InChI=1S/C18H19NO2/c1-11-2-6-14(7-3-11)19-10-16(17(20)18(19)21)15-9-12-4-5-13(15)8-12/h2-7,12-13,15,20H,8-10H2,1H3. The molecule has 1 fully saturated rings. The molecule has 3 atom stereocenters. The molecule has 0 saturated heterocycles. The minimum Gasteiger partial charge on any atom is -0.503 e. The Morgan fingerprint density at radius 3 is 2.52 bits per heavy atom. The molecule has 108 valence electrons. The Kier molecular flexibility index (Phi) is 2.71. The molecule has 1 aliphatic heterocycles. The van der Waals surface area contributed by atoms with Crippen molar-refractivity contribution in [3.8, 4) is 0 Å². The zero-order valence-electron chi connectivity index (χ0n) is 12.1. The van der Waals surface area contributed by atoms with E-state index in [0.29, 0.717) is 24.3 Å². The van der Waals surface area contributed by atoms with Gasteiger partial charge in [-0.25, -0.2) is 0 Å². The molecule has 1 saturated carbocycles. The summed E-state index contributed by atoms with van der Waals surface area (Å²) >= 11 is 0. The van der Waals surface area contributed by atoms with Crippen molar-refractivity contribution in [3.63, 3.8) is 0 Å². The van der Waals surface area contributed by atoms with Crippen molar-refractivity contribution < 1.29 is 9.90 Å². The summed E-state index contributed by atoms with van der Waals surface area (Å²) in [7, 11) is 0. The predicted molar refractivity (Wildman–Crippen MR) is 82.0 cm³/mol. The van der Waals surface area contributed by atoms with Crippen LogP contribution in [0, 0.1) is 24.7 Å². The highest BCUT2D eigenvalue weighted by Crippen LogP contribution is 2.48. The lowest BCUT2D eigenvalue weighted by molar-refractivity contribution is -0.116. The van der Waals surface area contributed by atoms with E-state index >= 15 is 0 Å². The van der Waals surface area contributed by atoms with E-state index in [-0.39, 0.29) is 11.7 Å². The summed E-state index contributed by atoms with van der Waals surface area (Å²) in [5.41, 5.74) is 2.98. The Hall–Kier alpha value is -2.03. The maximum atomic E-state index is 12.4. The number of aliphatic hydroxyl groups excluding tert-OH is 1. The quantitative estimate of drug-likeness (QED) is 0.844. The summed E-state index contributed by atoms with van der Waals surface area (Å²) in [6.45, 7) is 2.56. The van der Waals surface area contributed by atoms with Crippen molar-refractivity contribution in [2.75, 3.05) is 11.4 Å². The third kappa shape index (κ3) is 1.91. The third-order valence-corrected chi connectivity index (χ3v) is 5.15. The van der Waals surface area contributed by atoms with E-state index in [1.54, 1.807) is 4.90 Å². The van der Waals surface area contributed by atoms with Crippen LogP contribution >= 0.6 is 0 Å². The van der Waals surface area contributed by atoms with Crippen molar-refractivity contribution in [2.24, 2.45) is 17.8 Å². The first-order chi connectivity index (χ1) is 10.1. The van der Waals surface area contributed by atoms with Gasteiger partial charge < -0.3 is 10.0 Å². The largest absolute Gasteiger partial charge is 0.503 e. The second kappa shape index (κ2) is 4.48. The van der Waals surface area contributed by atoms with E-state index in [1.807, 2.05) is 31.2 Å². The summed E-state index contributed by atoms with van der Waals surface area (Å²) < 4.78 is 0. The van der Waals surface area contributed by atoms with Crippen LogP contribution < -0.4 is 4.90 Å². The number of hydrogen-bond donors (Lipinski definition) is 1. The number of aliphatic hydroxyl groups is 1. The van der Waals surface area contributed by atoms with Gasteiger partial charge in [-0.1, -0.05) is 29.8 Å². The number of carbonyl (C=O) groups excluding carboxylic acids is 1. The van der Waals surface area contributed by atoms with Crippen molar-refractivity contribution in [3.05, 3.63) is 53.3 Å². The van der Waals surface area contributed by atoms with Gasteiger partial charge in [0.2, 0.25) is 0 Å². The number of rotatable bonds is 2. The van der Waals surface area contributed by atoms with E-state index in [9.17, 15) is 9.90 Å². The Morgan fingerprint density at radius 1 is 1.14 bits per heavy atom. The van der Waals surface area contributed by atoms with Crippen LogP contribution in [0.4, 0.5) is 5.69 Å². The summed E-state index contributed by atoms with van der Waals surface area (Å²) in [5.74, 6) is 1.24. The van der Waals surface area contributed by atoms with Crippen molar-refractivity contribution >= 4 is 11.6 Å². The van der Waals surface area contributed by atoms with Gasteiger partial charge in [-0.05, 0) is 49.7 Å². The van der Waals surface area contributed by atoms with Gasteiger partial charge in [-0.3, -0.25) is 4.79 Å². The molecule has 0 radical (unpaired) electrons. The van der Waals surface area contributed by atoms with Crippen LogP contribution in [0.15, 0.2) is 47.7 Å². The Bertz CT molecular complexity index is 656. The SMILES string of the molecule is Cc1ccc(N2CC(C3CC4C=CC3C4)=C(O)C2=O)cc1. The first-order valence-electron chi connectivity index (χ1n) is 7.62. The predicted octanol–water partition coefficient (Wildman–Crippen LogP) is 3.37. The van der Waals surface area contributed by atoms with Crippen molar-refractivity contribution in [2.45, 2.75) is 19.8 Å². The summed E-state index contributed by atoms with van der Waals surface area (Å²) in [4.78, 5) is 14.1. The second-order valence-corrected chi connectivity index (χ2v) is 6.49. The summed E-state index contributed by atoms with van der Waals surface area (Å²) in [6.07, 6.45) is 6.81. The second-order valence-electron chi connectivity index (χ2n) is 6.49. The minimum atomic E-state index is -0.249. The van der Waals surface area contributed by atoms with E-state index in [4.69, 9.17) is 0 Å². The zero-order valence-corrected chi connectivity index (χ0v) is 12.1. The number of nitrogens with zero attached hydrogens (tertiary/aromatic N) is 1. The summed E-state index contributed by atoms with van der Waals surface area (Å²) in [5, 5.41) is 10.3. The number of aryl methyl sites for hydroxylation is 1. The molecule has 2 aliphatic carbocycles. The zero-order chi connectivity index (χ0) is 14.6. The molecular weight excluding hydrogens is 262 g/mol. The molecule has 1 heterocycles. The number of fused-ring (bicyclic) bond motifs is 2. The molecule has 21 heavy (non-hydrogen) atoms. The Balaban J connectivity index is 1.61. The molecule has 1 N–H and O–H groups in total. The fourth-order valence-corrected chi connectivity index (χ4v) is 3.99. The van der Waals surface area contributed by atoms with Crippen molar-refractivity contribution in [1.82, 2.24) is 0 Å². The molecular formula is C18H19NO2. The molecule has 1 aromatic carbocycles. The average Bonchev–Trinajstić information content (AvgIpc) is 3.17. The average molecular weight is 281 g/mol. The minimum absolute atomic E-state index is 0.0125. The number of benzene rings is 1. The van der Waals surface area contributed by atoms with Crippen LogP contribution in [0.2, 0.25) is 0 Å². The maximum Gasteiger partial charge on any atom is 0.293 e. The van der Waals surface area contributed by atoms with Crippen LogP contribution in [0.1, 0.15) is 18.4 Å². The number of amides is 1. The highest BCUT2D eigenvalue weighted by atomic mass is 16.3. The molecule has 4 rings (SSSR count). The van der Waals surface area contributed by atoms with E-state index in [0.717, 1.165) is 17.7 Å². The molecule has 3 heteroatoms. The molecule has 3 aliphatic rings. The van der Waals surface area contributed by atoms with Crippen molar-refractivity contribution in [1.29, 1.82) is 0 Å². The van der Waals surface area contributed by atoms with E-state index < -0.39 is 0 Å². The van der Waals surface area contributed by atoms with Crippen LogP contribution in [-0.2, 0) is 4.79 Å². The monoisotopic (exact) mass is 281 g/mol. The lowest BCUT2D eigenvalue weighted by Crippen LogP contribution is -2.27. The molecule has 0 spiro atoms. The van der Waals surface area contributed by atoms with Crippen LogP contribution in [0.25, 0.3) is 0 Å². The fraction of sp³-hybridized carbons (Fsp3) is 0.389. The van der Waals surface area contributed by atoms with Crippen LogP contribution in [0.3, 0.4) is 0 Å². The molecule has 1 amide bonds. The summed E-state index contributed by atoms with van der Waals surface area (Å²) in [6, 6.07) is 7.89. The maximum absolute atomic E-state index is 12.4. The van der Waals surface area contributed by atoms with Gasteiger partial charge in [-0.15, -0.1) is 0 Å². The molecule has 1 aromatic rings. The van der Waals surface area contributed by atoms with Crippen LogP contribution in [0.5, 0.6) is 0 Å². The highest BCUT2D eigenvalue weighted by Gasteiger charge is 2.43. The smallest absolute Gasteiger partial charge is 0.293 e. The van der Waals surface area contributed by atoms with Gasteiger partial charge in [0.1, 0.15) is 0 Å². The van der Waals surface area contributed by atoms with Gasteiger partial charge in [0.05, 0.1) is 6.54 Å². The van der Waals surface area contributed by atoms with E-state index in [2.05, 4.69) is 12.2 Å². The number of anilines is 1. The number of allylic oxidation sites excluding steroid dienone is 2. The van der Waals surface area contributed by atoms with Gasteiger partial charge in [0, 0.05) is 11.3 Å². The first-order valence-corrected chi connectivity index (χ1v) is 7.62. The highest BCUT2D eigenvalue weighted by molar-refractivity contribution is 6.07. The fourth-order valence-electron chi connectivity index (χ4n) is 3.99. The molecule has 2 bridgehead atoms. The number of carbonyl (C=O) groups is 1. The number of hydrogen-bond acceptors (Lipinski definition) is 2. The first kappa shape index (κ1) is 12.7. The Morgan fingerprint density at radius 2 is 1.90 bits per heavy atom. The Labute approximate surface area is 124 Å². The molecule has 3 nitrogen and oxygen atoms in total. The lowest BCUT2D eigenvalue weighted by Gasteiger charge is -2.21. The van der Waals surface area contributed by atoms with E-state index in [1.165, 1.54) is 12.0 Å². The normalized spacial score (nSPS) is 30.8. The van der Waals surface area contributed by atoms with Gasteiger partial charge in [-0.2, -0.15) is 0 Å². The van der Waals surface area contributed by atoms with Gasteiger partial charge in [0.25, 0.3) is 5.91 Å². The topological polar surface area (TPSA) is 40.5 Å². The molecule has 0 aromatic heterocycles. The molecule has 3 unspecified atom stereocenters. The van der Waals surface area contributed by atoms with Crippen LogP contribution in [-0.4, -0.2) is 17.6 Å². The third-order valence-electron chi connectivity index (χ3n) is 5.15. The van der Waals surface area contributed by atoms with Gasteiger partial charge in [0.15, 0.2) is 5.76 Å². The lowest BCUT2D eigenvalue weighted by atomic mass is 9.86. The van der Waals surface area contributed by atoms with Gasteiger partial charge >= 0.3 is 0 Å².